The molecule has 0 radical (unpaired) electrons. The van der Waals surface area contributed by atoms with Gasteiger partial charge < -0.3 is 0 Å². The first-order valence-electron chi connectivity index (χ1n) is 4.35. The molecule has 0 amide bonds. The molecule has 17 heavy (non-hydrogen) atoms. The molecular formula is C9H5ClIN3O2S. The highest BCUT2D eigenvalue weighted by atomic mass is 127. The maximum absolute atomic E-state index is 12.1. The monoisotopic (exact) mass is 381 g/mol. The first kappa shape index (κ1) is 12.7. The summed E-state index contributed by atoms with van der Waals surface area (Å²) in [7, 11) is -3.74. The largest absolute Gasteiger partial charge is 0.256 e. The topological polar surface area (TPSA) is 72.8 Å². The van der Waals surface area contributed by atoms with E-state index in [4.69, 9.17) is 11.6 Å². The zero-order valence-corrected chi connectivity index (χ0v) is 11.9. The number of nitrogens with zero attached hydrogens (tertiary/aromatic N) is 3. The smallest absolute Gasteiger partial charge is 0.215 e. The van der Waals surface area contributed by atoms with Crippen molar-refractivity contribution in [2.45, 2.75) is 10.1 Å². The lowest BCUT2D eigenvalue weighted by molar-refractivity contribution is 0.585. The van der Waals surface area contributed by atoms with Crippen LogP contribution in [0.25, 0.3) is 0 Å². The Hall–Kier alpha value is -0.800. The number of hydrogen-bond acceptors (Lipinski definition) is 5. The summed E-state index contributed by atoms with van der Waals surface area (Å²) in [5.41, 5.74) is 0. The van der Waals surface area contributed by atoms with Crippen LogP contribution < -0.4 is 0 Å². The molecule has 1 heterocycles. The summed E-state index contributed by atoms with van der Waals surface area (Å²) in [4.78, 5) is 10.9. The molecular weight excluding hydrogens is 377 g/mol. The normalized spacial score (nSPS) is 11.4. The van der Waals surface area contributed by atoms with Gasteiger partial charge in [0.15, 0.2) is 0 Å². The van der Waals surface area contributed by atoms with Crippen LogP contribution in [-0.2, 0) is 9.84 Å². The lowest BCUT2D eigenvalue weighted by Crippen LogP contribution is -2.08. The number of aromatic nitrogens is 3. The molecule has 0 unspecified atom stereocenters. The van der Waals surface area contributed by atoms with Crippen LogP contribution in [0.3, 0.4) is 0 Å². The first-order chi connectivity index (χ1) is 8.00. The van der Waals surface area contributed by atoms with E-state index >= 15 is 0 Å². The zero-order chi connectivity index (χ0) is 12.5. The van der Waals surface area contributed by atoms with Crippen molar-refractivity contribution in [1.82, 2.24) is 15.0 Å². The van der Waals surface area contributed by atoms with Gasteiger partial charge >= 0.3 is 0 Å². The van der Waals surface area contributed by atoms with Crippen LogP contribution in [-0.4, -0.2) is 23.4 Å². The highest BCUT2D eigenvalue weighted by Crippen LogP contribution is 2.19. The lowest BCUT2D eigenvalue weighted by atomic mass is 10.4. The molecule has 0 saturated carbocycles. The van der Waals surface area contributed by atoms with E-state index in [1.807, 2.05) is 22.6 Å². The van der Waals surface area contributed by atoms with Crippen LogP contribution in [0, 0.1) is 3.57 Å². The molecule has 0 aliphatic rings. The van der Waals surface area contributed by atoms with Gasteiger partial charge in [0.1, 0.15) is 6.33 Å². The van der Waals surface area contributed by atoms with Crippen LogP contribution in [0.1, 0.15) is 0 Å². The van der Waals surface area contributed by atoms with Crippen molar-refractivity contribution >= 4 is 44.0 Å². The third-order valence-electron chi connectivity index (χ3n) is 1.87. The summed E-state index contributed by atoms with van der Waals surface area (Å²) >= 11 is 7.57. The first-order valence-corrected chi connectivity index (χ1v) is 7.29. The fourth-order valence-electron chi connectivity index (χ4n) is 1.13. The van der Waals surface area contributed by atoms with E-state index in [2.05, 4.69) is 15.0 Å². The second kappa shape index (κ2) is 4.83. The van der Waals surface area contributed by atoms with Gasteiger partial charge in [-0.05, 0) is 52.4 Å². The summed E-state index contributed by atoms with van der Waals surface area (Å²) in [6, 6.07) is 6.46. The lowest BCUT2D eigenvalue weighted by Gasteiger charge is -2.02. The van der Waals surface area contributed by atoms with Gasteiger partial charge in [-0.15, -0.1) is 0 Å². The maximum atomic E-state index is 12.1. The molecule has 0 fully saturated rings. The standard InChI is InChI=1S/C9H5ClIN3O2S/c10-8-12-5-13-9(14-8)17(15,16)7-3-1-2-6(11)4-7/h1-5H. The van der Waals surface area contributed by atoms with Crippen LogP contribution in [0.4, 0.5) is 0 Å². The van der Waals surface area contributed by atoms with E-state index in [1.165, 1.54) is 12.1 Å². The molecule has 0 spiro atoms. The summed E-state index contributed by atoms with van der Waals surface area (Å²) in [6.07, 6.45) is 1.07. The number of rotatable bonds is 2. The molecule has 1 aromatic carbocycles. The third-order valence-corrected chi connectivity index (χ3v) is 4.27. The molecule has 2 aromatic rings. The van der Waals surface area contributed by atoms with Crippen molar-refractivity contribution in [2.24, 2.45) is 0 Å². The van der Waals surface area contributed by atoms with Crippen molar-refractivity contribution < 1.29 is 8.42 Å². The zero-order valence-electron chi connectivity index (χ0n) is 8.21. The Bertz CT molecular complexity index is 611. The van der Waals surface area contributed by atoms with Gasteiger partial charge in [-0.1, -0.05) is 6.07 Å². The van der Waals surface area contributed by atoms with E-state index < -0.39 is 9.84 Å². The minimum Gasteiger partial charge on any atom is -0.215 e. The van der Waals surface area contributed by atoms with E-state index in [0.717, 1.165) is 9.90 Å². The molecule has 0 aliphatic carbocycles. The Morgan fingerprint density at radius 2 is 2.00 bits per heavy atom. The SMILES string of the molecule is O=S(=O)(c1cccc(I)c1)c1ncnc(Cl)n1. The van der Waals surface area contributed by atoms with Gasteiger partial charge in [-0.25, -0.2) is 18.4 Å². The second-order valence-electron chi connectivity index (χ2n) is 3.00. The fourth-order valence-corrected chi connectivity index (χ4v) is 3.20. The molecule has 2 rings (SSSR count). The Kier molecular flexibility index (Phi) is 3.59. The van der Waals surface area contributed by atoms with Crippen molar-refractivity contribution in [3.05, 3.63) is 39.4 Å². The van der Waals surface area contributed by atoms with Crippen molar-refractivity contribution in [3.8, 4) is 0 Å². The van der Waals surface area contributed by atoms with Crippen molar-refractivity contribution in [2.75, 3.05) is 0 Å². The van der Waals surface area contributed by atoms with Crippen LogP contribution >= 0.6 is 34.2 Å². The van der Waals surface area contributed by atoms with Gasteiger partial charge in [0.2, 0.25) is 15.1 Å². The number of benzene rings is 1. The number of sulfone groups is 1. The third kappa shape index (κ3) is 2.72. The Balaban J connectivity index is 2.58. The van der Waals surface area contributed by atoms with Crippen molar-refractivity contribution in [3.63, 3.8) is 0 Å². The molecule has 5 nitrogen and oxygen atoms in total. The fraction of sp³-hybridized carbons (Fsp3) is 0. The Labute approximate surface area is 116 Å². The molecule has 88 valence electrons. The average Bonchev–Trinajstić information content (AvgIpc) is 2.29. The minimum atomic E-state index is -3.74. The van der Waals surface area contributed by atoms with Crippen LogP contribution in [0.5, 0.6) is 0 Å². The quantitative estimate of drug-likeness (QED) is 0.744. The number of halogens is 2. The molecule has 0 aliphatic heterocycles. The van der Waals surface area contributed by atoms with Gasteiger partial charge in [-0.3, -0.25) is 0 Å². The van der Waals surface area contributed by atoms with Crippen molar-refractivity contribution in [1.29, 1.82) is 0 Å². The minimum absolute atomic E-state index is 0.131. The molecule has 1 aromatic heterocycles. The number of hydrogen-bond donors (Lipinski definition) is 0. The highest BCUT2D eigenvalue weighted by Gasteiger charge is 2.21. The van der Waals surface area contributed by atoms with E-state index in [9.17, 15) is 8.42 Å². The molecule has 0 saturated heterocycles. The molecule has 0 atom stereocenters. The van der Waals surface area contributed by atoms with Gasteiger partial charge in [0.25, 0.3) is 5.16 Å². The Morgan fingerprint density at radius 3 is 2.65 bits per heavy atom. The summed E-state index contributed by atoms with van der Waals surface area (Å²) in [6.45, 7) is 0. The summed E-state index contributed by atoms with van der Waals surface area (Å²) in [5, 5.41) is -0.497. The second-order valence-corrected chi connectivity index (χ2v) is 6.43. The Morgan fingerprint density at radius 1 is 1.24 bits per heavy atom. The highest BCUT2D eigenvalue weighted by molar-refractivity contribution is 14.1. The van der Waals surface area contributed by atoms with Crippen LogP contribution in [0.2, 0.25) is 5.28 Å². The van der Waals surface area contributed by atoms with Gasteiger partial charge in [0, 0.05) is 3.57 Å². The summed E-state index contributed by atoms with van der Waals surface area (Å²) < 4.78 is 25.1. The van der Waals surface area contributed by atoms with Gasteiger partial charge in [0.05, 0.1) is 4.90 Å². The van der Waals surface area contributed by atoms with E-state index in [1.54, 1.807) is 12.1 Å². The van der Waals surface area contributed by atoms with E-state index in [0.29, 0.717) is 0 Å². The maximum Gasteiger partial charge on any atom is 0.256 e. The molecule has 8 heteroatoms. The summed E-state index contributed by atoms with van der Waals surface area (Å²) in [5.74, 6) is 0. The average molecular weight is 382 g/mol. The predicted molar refractivity (Wildman–Crippen MR) is 69.4 cm³/mol. The van der Waals surface area contributed by atoms with E-state index in [-0.39, 0.29) is 15.3 Å². The van der Waals surface area contributed by atoms with Crippen LogP contribution in [0.15, 0.2) is 40.6 Å². The molecule has 0 N–H and O–H groups in total. The predicted octanol–water partition coefficient (Wildman–Crippen LogP) is 1.96. The van der Waals surface area contributed by atoms with Gasteiger partial charge in [-0.2, -0.15) is 4.98 Å². The molecule has 0 bridgehead atoms.